The second-order valence-electron chi connectivity index (χ2n) is 3.33. The molecule has 2 rings (SSSR count). The summed E-state index contributed by atoms with van der Waals surface area (Å²) in [4.78, 5) is 15.8. The van der Waals surface area contributed by atoms with Crippen LogP contribution in [0.1, 0.15) is 29.0 Å². The van der Waals surface area contributed by atoms with E-state index in [4.69, 9.17) is 10.2 Å². The van der Waals surface area contributed by atoms with Crippen molar-refractivity contribution < 1.29 is 9.21 Å². The highest BCUT2D eigenvalue weighted by atomic mass is 32.1. The highest BCUT2D eigenvalue weighted by Crippen LogP contribution is 2.19. The Hall–Kier alpha value is -1.66. The first-order valence-electron chi connectivity index (χ1n) is 4.71. The molecule has 0 aliphatic rings. The summed E-state index contributed by atoms with van der Waals surface area (Å²) in [5.74, 6) is -0.237. The molecule has 0 radical (unpaired) electrons. The lowest BCUT2D eigenvalue weighted by molar-refractivity contribution is 0.102. The van der Waals surface area contributed by atoms with E-state index in [0.29, 0.717) is 10.7 Å². The first-order valence-corrected chi connectivity index (χ1v) is 5.59. The van der Waals surface area contributed by atoms with Gasteiger partial charge in [0.2, 0.25) is 0 Å². The van der Waals surface area contributed by atoms with Gasteiger partial charge < -0.3 is 10.2 Å². The molecule has 5 nitrogen and oxygen atoms in total. The number of anilines is 1. The fraction of sp³-hybridized carbons (Fsp3) is 0.200. The van der Waals surface area contributed by atoms with Crippen LogP contribution in [0.5, 0.6) is 0 Å². The number of nitrogens with one attached hydrogen (secondary N) is 1. The van der Waals surface area contributed by atoms with Crippen molar-refractivity contribution in [1.29, 1.82) is 0 Å². The van der Waals surface area contributed by atoms with Gasteiger partial charge in [-0.05, 0) is 13.0 Å². The van der Waals surface area contributed by atoms with Crippen molar-refractivity contribution in [3.05, 3.63) is 35.2 Å². The maximum atomic E-state index is 11.6. The lowest BCUT2D eigenvalue weighted by atomic mass is 10.3. The minimum atomic E-state index is -0.237. The molecule has 0 saturated carbocycles. The fourth-order valence-electron chi connectivity index (χ4n) is 1.12. The topological polar surface area (TPSA) is 81.1 Å². The van der Waals surface area contributed by atoms with Gasteiger partial charge in [0, 0.05) is 11.4 Å². The summed E-state index contributed by atoms with van der Waals surface area (Å²) in [6.07, 6.45) is 2.83. The Morgan fingerprint density at radius 3 is 3.06 bits per heavy atom. The maximum absolute atomic E-state index is 11.6. The van der Waals surface area contributed by atoms with E-state index < -0.39 is 0 Å². The third kappa shape index (κ3) is 2.29. The monoisotopic (exact) mass is 237 g/mol. The number of thiazole rings is 1. The first-order chi connectivity index (χ1) is 7.66. The summed E-state index contributed by atoms with van der Waals surface area (Å²) < 4.78 is 4.82. The Bertz CT molecular complexity index is 476. The quantitative estimate of drug-likeness (QED) is 0.855. The van der Waals surface area contributed by atoms with Crippen molar-refractivity contribution in [3.63, 3.8) is 0 Å². The normalized spacial score (nSPS) is 12.4. The molecule has 2 aromatic rings. The molecular formula is C10H11N3O2S. The molecule has 1 amide bonds. The van der Waals surface area contributed by atoms with Gasteiger partial charge in [0.05, 0.1) is 17.5 Å². The van der Waals surface area contributed by atoms with Crippen LogP contribution in [0.25, 0.3) is 0 Å². The lowest BCUT2D eigenvalue weighted by Crippen LogP contribution is -2.11. The fourth-order valence-corrected chi connectivity index (χ4v) is 1.93. The summed E-state index contributed by atoms with van der Waals surface area (Å²) >= 11 is 1.35. The van der Waals surface area contributed by atoms with E-state index in [1.165, 1.54) is 23.9 Å². The molecule has 0 aromatic carbocycles. The van der Waals surface area contributed by atoms with Gasteiger partial charge in [0.1, 0.15) is 6.26 Å². The highest BCUT2D eigenvalue weighted by Gasteiger charge is 2.11. The molecule has 0 spiro atoms. The van der Waals surface area contributed by atoms with Crippen molar-refractivity contribution in [2.75, 3.05) is 5.32 Å². The van der Waals surface area contributed by atoms with Crippen LogP contribution in [-0.4, -0.2) is 10.9 Å². The number of aromatic nitrogens is 1. The Kier molecular flexibility index (Phi) is 3.02. The molecule has 3 N–H and O–H groups in total. The number of carbonyl (C=O) groups excluding carboxylic acids is 1. The number of furan rings is 1. The van der Waals surface area contributed by atoms with Crippen LogP contribution in [0, 0.1) is 0 Å². The van der Waals surface area contributed by atoms with Gasteiger partial charge in [-0.1, -0.05) is 0 Å². The standard InChI is InChI=1S/C10H11N3O2S/c1-6(11)8-5-16-10(12-8)13-9(14)7-2-3-15-4-7/h2-6H,11H2,1H3,(H,12,13,14). The zero-order valence-electron chi connectivity index (χ0n) is 8.64. The van der Waals surface area contributed by atoms with E-state index in [1.807, 2.05) is 12.3 Å². The van der Waals surface area contributed by atoms with Crippen LogP contribution in [-0.2, 0) is 0 Å². The molecule has 84 valence electrons. The zero-order chi connectivity index (χ0) is 11.5. The van der Waals surface area contributed by atoms with Gasteiger partial charge >= 0.3 is 0 Å². The van der Waals surface area contributed by atoms with Gasteiger partial charge in [-0.25, -0.2) is 4.98 Å². The number of nitrogens with two attached hydrogens (primary N) is 1. The third-order valence-electron chi connectivity index (χ3n) is 1.99. The molecule has 0 fully saturated rings. The van der Waals surface area contributed by atoms with Gasteiger partial charge in [0.25, 0.3) is 5.91 Å². The Morgan fingerprint density at radius 2 is 2.50 bits per heavy atom. The van der Waals surface area contributed by atoms with E-state index in [0.717, 1.165) is 5.69 Å². The van der Waals surface area contributed by atoms with Crippen LogP contribution in [0.2, 0.25) is 0 Å². The molecule has 2 aromatic heterocycles. The van der Waals surface area contributed by atoms with Crippen molar-refractivity contribution >= 4 is 22.4 Å². The second kappa shape index (κ2) is 4.46. The van der Waals surface area contributed by atoms with Crippen LogP contribution in [0.15, 0.2) is 28.4 Å². The predicted octanol–water partition coefficient (Wildman–Crippen LogP) is 2.01. The highest BCUT2D eigenvalue weighted by molar-refractivity contribution is 7.14. The summed E-state index contributed by atoms with van der Waals surface area (Å²) in [5, 5.41) is 5.04. The number of rotatable bonds is 3. The zero-order valence-corrected chi connectivity index (χ0v) is 9.45. The first kappa shape index (κ1) is 10.8. The number of nitrogens with zero attached hydrogens (tertiary/aromatic N) is 1. The Balaban J connectivity index is 2.07. The molecule has 6 heteroatoms. The van der Waals surface area contributed by atoms with Gasteiger partial charge in [-0.2, -0.15) is 0 Å². The minimum Gasteiger partial charge on any atom is -0.472 e. The molecule has 0 aliphatic carbocycles. The number of amides is 1. The number of hydrogen-bond donors (Lipinski definition) is 2. The molecule has 0 saturated heterocycles. The molecule has 1 unspecified atom stereocenters. The van der Waals surface area contributed by atoms with Crippen molar-refractivity contribution in [2.45, 2.75) is 13.0 Å². The van der Waals surface area contributed by atoms with Gasteiger partial charge in [-0.15, -0.1) is 11.3 Å². The number of hydrogen-bond acceptors (Lipinski definition) is 5. The van der Waals surface area contributed by atoms with Crippen molar-refractivity contribution in [2.24, 2.45) is 5.73 Å². The Morgan fingerprint density at radius 1 is 1.69 bits per heavy atom. The third-order valence-corrected chi connectivity index (χ3v) is 2.77. The van der Waals surface area contributed by atoms with E-state index in [1.54, 1.807) is 6.07 Å². The predicted molar refractivity (Wildman–Crippen MR) is 61.4 cm³/mol. The Labute approximate surface area is 96.3 Å². The SMILES string of the molecule is CC(N)c1csc(NC(=O)c2ccoc2)n1. The minimum absolute atomic E-state index is 0.129. The molecular weight excluding hydrogens is 226 g/mol. The molecule has 16 heavy (non-hydrogen) atoms. The van der Waals surface area contributed by atoms with Crippen LogP contribution in [0.3, 0.4) is 0 Å². The van der Waals surface area contributed by atoms with Crippen molar-refractivity contribution in [1.82, 2.24) is 4.98 Å². The smallest absolute Gasteiger partial charge is 0.260 e. The molecule has 2 heterocycles. The van der Waals surface area contributed by atoms with E-state index >= 15 is 0 Å². The van der Waals surface area contributed by atoms with Gasteiger partial charge in [-0.3, -0.25) is 10.1 Å². The van der Waals surface area contributed by atoms with Crippen LogP contribution < -0.4 is 11.1 Å². The largest absolute Gasteiger partial charge is 0.472 e. The summed E-state index contributed by atoms with van der Waals surface area (Å²) in [7, 11) is 0. The number of carbonyl (C=O) groups is 1. The molecule has 1 atom stereocenters. The summed E-state index contributed by atoms with van der Waals surface area (Å²) in [6.45, 7) is 1.84. The molecule has 0 aliphatic heterocycles. The van der Waals surface area contributed by atoms with E-state index in [9.17, 15) is 4.79 Å². The van der Waals surface area contributed by atoms with Crippen LogP contribution >= 0.6 is 11.3 Å². The van der Waals surface area contributed by atoms with E-state index in [-0.39, 0.29) is 11.9 Å². The summed E-state index contributed by atoms with van der Waals surface area (Å²) in [6, 6.07) is 1.46. The average molecular weight is 237 g/mol. The summed E-state index contributed by atoms with van der Waals surface area (Å²) in [5.41, 5.74) is 6.91. The molecule has 0 bridgehead atoms. The van der Waals surface area contributed by atoms with Gasteiger partial charge in [0.15, 0.2) is 5.13 Å². The van der Waals surface area contributed by atoms with Crippen LogP contribution in [0.4, 0.5) is 5.13 Å². The lowest BCUT2D eigenvalue weighted by Gasteiger charge is -1.99. The maximum Gasteiger partial charge on any atom is 0.260 e. The average Bonchev–Trinajstić information content (AvgIpc) is 2.87. The van der Waals surface area contributed by atoms with Crippen molar-refractivity contribution in [3.8, 4) is 0 Å². The van der Waals surface area contributed by atoms with E-state index in [2.05, 4.69) is 10.3 Å². The second-order valence-corrected chi connectivity index (χ2v) is 4.19.